The van der Waals surface area contributed by atoms with E-state index >= 15 is 0 Å². The highest BCUT2D eigenvalue weighted by molar-refractivity contribution is 5.57. The van der Waals surface area contributed by atoms with E-state index in [1.54, 1.807) is 0 Å². The van der Waals surface area contributed by atoms with Gasteiger partial charge in [0, 0.05) is 34.7 Å². The van der Waals surface area contributed by atoms with E-state index in [1.165, 1.54) is 11.1 Å². The first kappa shape index (κ1) is 38.4. The van der Waals surface area contributed by atoms with E-state index in [-0.39, 0.29) is 6.10 Å². The van der Waals surface area contributed by atoms with Crippen molar-refractivity contribution in [2.45, 2.75) is 135 Å². The predicted octanol–water partition coefficient (Wildman–Crippen LogP) is 12.0. The molecule has 0 atom stereocenters. The van der Waals surface area contributed by atoms with Gasteiger partial charge in [-0.1, -0.05) is 63.1 Å². The lowest BCUT2D eigenvalue weighted by molar-refractivity contribution is 0.190. The summed E-state index contributed by atoms with van der Waals surface area (Å²) in [6.45, 7) is 29.3. The maximum atomic E-state index is 6.24. The van der Waals surface area contributed by atoms with Crippen LogP contribution in [0.4, 0.5) is 5.69 Å². The Hall–Kier alpha value is -4.06. The summed E-state index contributed by atoms with van der Waals surface area (Å²) in [6.07, 6.45) is 4.40. The second-order valence-corrected chi connectivity index (χ2v) is 13.3. The molecule has 6 nitrogen and oxygen atoms in total. The summed E-state index contributed by atoms with van der Waals surface area (Å²) in [5.74, 6) is 3.99. The SMILES string of the molecule is CCC(CC)Nc1cc(C)nc(Oc2c(C)cc(C)cc2C)c1C.CCC(CC)Oc1cc(C)nc(Oc2c(C)cc(C)cc2C)c1C. The molecule has 0 aliphatic carbocycles. The molecule has 4 rings (SSSR count). The first-order valence-corrected chi connectivity index (χ1v) is 17.6. The van der Waals surface area contributed by atoms with Gasteiger partial charge in [-0.25, -0.2) is 9.97 Å². The molecule has 1 N–H and O–H groups in total. The van der Waals surface area contributed by atoms with Crippen molar-refractivity contribution in [1.82, 2.24) is 9.97 Å². The minimum Gasteiger partial charge on any atom is -0.490 e. The zero-order chi connectivity index (χ0) is 35.7. The van der Waals surface area contributed by atoms with Gasteiger partial charge < -0.3 is 19.5 Å². The fourth-order valence-electron chi connectivity index (χ4n) is 6.06. The quantitative estimate of drug-likeness (QED) is 0.164. The summed E-state index contributed by atoms with van der Waals surface area (Å²) in [6, 6.07) is 13.1. The van der Waals surface area contributed by atoms with Crippen LogP contribution in [0.15, 0.2) is 36.4 Å². The number of anilines is 1. The molecule has 0 saturated carbocycles. The summed E-state index contributed by atoms with van der Waals surface area (Å²) < 4.78 is 18.6. The Kier molecular flexibility index (Phi) is 13.9. The van der Waals surface area contributed by atoms with Crippen molar-refractivity contribution in [2.75, 3.05) is 5.32 Å². The molecule has 2 heterocycles. The van der Waals surface area contributed by atoms with Crippen LogP contribution in [0, 0.1) is 69.2 Å². The molecule has 48 heavy (non-hydrogen) atoms. The summed E-state index contributed by atoms with van der Waals surface area (Å²) in [5, 5.41) is 3.63. The molecule has 0 fully saturated rings. The number of nitrogens with zero attached hydrogens (tertiary/aromatic N) is 2. The molecule has 0 unspecified atom stereocenters. The summed E-state index contributed by atoms with van der Waals surface area (Å²) in [4.78, 5) is 9.22. The van der Waals surface area contributed by atoms with Gasteiger partial charge in [-0.3, -0.25) is 0 Å². The molecular formula is C42H59N3O3. The Morgan fingerprint density at radius 1 is 0.542 bits per heavy atom. The Bertz CT molecular complexity index is 1520. The van der Waals surface area contributed by atoms with Crippen LogP contribution in [0.2, 0.25) is 0 Å². The van der Waals surface area contributed by atoms with E-state index in [0.29, 0.717) is 17.8 Å². The standard InChI is InChI=1S/C21H30N2O.C21H29NO2/c2*1-8-18(9-2)23-19-12-16(6)22-21(17(19)7)24-20-14(4)10-13(3)11-15(20)5/h10-12,18H,8-9H2,1-7H3,(H,22,23);10-12,18H,8-9H2,1-7H3. The number of ether oxygens (including phenoxy) is 3. The maximum Gasteiger partial charge on any atom is 0.226 e. The number of rotatable bonds is 12. The fourth-order valence-corrected chi connectivity index (χ4v) is 6.06. The van der Waals surface area contributed by atoms with Crippen LogP contribution in [0.3, 0.4) is 0 Å². The molecule has 2 aromatic heterocycles. The van der Waals surface area contributed by atoms with E-state index in [0.717, 1.165) is 93.4 Å². The minimum atomic E-state index is 0.223. The Morgan fingerprint density at radius 3 is 1.38 bits per heavy atom. The van der Waals surface area contributed by atoms with Gasteiger partial charge in [-0.15, -0.1) is 0 Å². The van der Waals surface area contributed by atoms with Crippen LogP contribution in [-0.2, 0) is 0 Å². The van der Waals surface area contributed by atoms with E-state index < -0.39 is 0 Å². The zero-order valence-electron chi connectivity index (χ0n) is 32.1. The average molecular weight is 654 g/mol. The third kappa shape index (κ3) is 9.98. The van der Waals surface area contributed by atoms with Crippen molar-refractivity contribution in [3.8, 4) is 29.0 Å². The van der Waals surface area contributed by atoms with Crippen molar-refractivity contribution in [1.29, 1.82) is 0 Å². The molecule has 260 valence electrons. The van der Waals surface area contributed by atoms with Gasteiger partial charge in [-0.05, 0) is 123 Å². The highest BCUT2D eigenvalue weighted by Gasteiger charge is 2.17. The molecule has 4 aromatic rings. The Balaban J connectivity index is 0.000000260. The third-order valence-corrected chi connectivity index (χ3v) is 8.82. The van der Waals surface area contributed by atoms with Crippen LogP contribution in [-0.4, -0.2) is 22.1 Å². The molecule has 2 aromatic carbocycles. The van der Waals surface area contributed by atoms with Crippen molar-refractivity contribution in [2.24, 2.45) is 0 Å². The van der Waals surface area contributed by atoms with Crippen LogP contribution < -0.4 is 19.5 Å². The van der Waals surface area contributed by atoms with Crippen LogP contribution >= 0.6 is 0 Å². The lowest BCUT2D eigenvalue weighted by atomic mass is 10.1. The lowest BCUT2D eigenvalue weighted by Crippen LogP contribution is -2.18. The van der Waals surface area contributed by atoms with Gasteiger partial charge in [-0.2, -0.15) is 0 Å². The lowest BCUT2D eigenvalue weighted by Gasteiger charge is -2.20. The van der Waals surface area contributed by atoms with Gasteiger partial charge in [0.25, 0.3) is 0 Å². The molecular weight excluding hydrogens is 594 g/mol. The highest BCUT2D eigenvalue weighted by Crippen LogP contribution is 2.36. The maximum absolute atomic E-state index is 6.24. The van der Waals surface area contributed by atoms with Crippen LogP contribution in [0.25, 0.3) is 0 Å². The number of nitrogens with one attached hydrogen (secondary N) is 1. The van der Waals surface area contributed by atoms with Crippen LogP contribution in [0.1, 0.15) is 109 Å². The fraction of sp³-hybridized carbons (Fsp3) is 0.476. The summed E-state index contributed by atoms with van der Waals surface area (Å²) >= 11 is 0. The van der Waals surface area contributed by atoms with E-state index in [9.17, 15) is 0 Å². The number of hydrogen-bond acceptors (Lipinski definition) is 6. The van der Waals surface area contributed by atoms with Gasteiger partial charge in [0.1, 0.15) is 17.2 Å². The van der Waals surface area contributed by atoms with Gasteiger partial charge in [0.05, 0.1) is 11.7 Å². The minimum absolute atomic E-state index is 0.223. The Morgan fingerprint density at radius 2 is 0.958 bits per heavy atom. The number of aryl methyl sites for hydroxylation is 8. The zero-order valence-corrected chi connectivity index (χ0v) is 32.1. The first-order valence-electron chi connectivity index (χ1n) is 17.6. The van der Waals surface area contributed by atoms with E-state index in [1.807, 2.05) is 26.8 Å². The third-order valence-electron chi connectivity index (χ3n) is 8.82. The van der Waals surface area contributed by atoms with Gasteiger partial charge in [0.2, 0.25) is 11.8 Å². The monoisotopic (exact) mass is 653 g/mol. The second kappa shape index (κ2) is 17.4. The molecule has 6 heteroatoms. The predicted molar refractivity (Wildman–Crippen MR) is 202 cm³/mol. The average Bonchev–Trinajstić information content (AvgIpc) is 3.02. The number of aromatic nitrogens is 2. The normalized spacial score (nSPS) is 11.0. The molecule has 0 bridgehead atoms. The summed E-state index contributed by atoms with van der Waals surface area (Å²) in [7, 11) is 0. The number of benzene rings is 2. The van der Waals surface area contributed by atoms with Crippen molar-refractivity contribution < 1.29 is 14.2 Å². The molecule has 0 spiro atoms. The summed E-state index contributed by atoms with van der Waals surface area (Å²) in [5.41, 5.74) is 12.0. The molecule has 0 aliphatic rings. The largest absolute Gasteiger partial charge is 0.490 e. The molecule has 0 radical (unpaired) electrons. The highest BCUT2D eigenvalue weighted by atomic mass is 16.5. The van der Waals surface area contributed by atoms with Crippen molar-refractivity contribution >= 4 is 5.69 Å². The number of pyridine rings is 2. The molecule has 0 aliphatic heterocycles. The topological polar surface area (TPSA) is 65.5 Å². The number of hydrogen-bond donors (Lipinski definition) is 1. The van der Waals surface area contributed by atoms with Gasteiger partial charge in [0.15, 0.2) is 0 Å². The van der Waals surface area contributed by atoms with Gasteiger partial charge >= 0.3 is 0 Å². The molecule has 0 amide bonds. The smallest absolute Gasteiger partial charge is 0.226 e. The van der Waals surface area contributed by atoms with E-state index in [4.69, 9.17) is 14.2 Å². The van der Waals surface area contributed by atoms with Crippen molar-refractivity contribution in [3.63, 3.8) is 0 Å². The van der Waals surface area contributed by atoms with Crippen LogP contribution in [0.5, 0.6) is 29.0 Å². The van der Waals surface area contributed by atoms with E-state index in [2.05, 4.69) is 122 Å². The molecule has 0 saturated heterocycles. The first-order chi connectivity index (χ1) is 22.7. The van der Waals surface area contributed by atoms with Crippen molar-refractivity contribution in [3.05, 3.63) is 92.3 Å². The second-order valence-electron chi connectivity index (χ2n) is 13.3. The Labute approximate surface area is 290 Å².